The van der Waals surface area contributed by atoms with Crippen LogP contribution in [0, 0.1) is 25.5 Å². The van der Waals surface area contributed by atoms with Crippen LogP contribution in [0.15, 0.2) is 35.1 Å². The third-order valence-corrected chi connectivity index (χ3v) is 5.37. The van der Waals surface area contributed by atoms with Crippen LogP contribution >= 0.6 is 0 Å². The summed E-state index contributed by atoms with van der Waals surface area (Å²) in [7, 11) is 0. The molecular formula is C22H21F2N3O2. The maximum atomic E-state index is 14.3. The zero-order chi connectivity index (χ0) is 20.7. The van der Waals surface area contributed by atoms with Crippen molar-refractivity contribution in [2.75, 3.05) is 18.4 Å². The molecule has 0 bridgehead atoms. The number of halogens is 2. The fourth-order valence-corrected chi connectivity index (χ4v) is 3.79. The van der Waals surface area contributed by atoms with Crippen molar-refractivity contribution < 1.29 is 13.6 Å². The van der Waals surface area contributed by atoms with Crippen LogP contribution in [-0.4, -0.2) is 28.9 Å². The standard InChI is InChI=1S/C22H21F2N3O2/c1-12-3-5-17(24)20-21(12)26-18-7-8-27(10-15(18)22(20)29)11-19(28)25-14-4-6-16(23)13(2)9-14/h3-6,9H,7-8,10-11H2,1-2H3,(H,25,28)(H,26,29). The molecule has 2 aromatic carbocycles. The quantitative estimate of drug-likeness (QED) is 0.712. The van der Waals surface area contributed by atoms with Crippen LogP contribution in [0.1, 0.15) is 22.4 Å². The molecule has 7 heteroatoms. The van der Waals surface area contributed by atoms with E-state index in [0.29, 0.717) is 35.3 Å². The molecule has 0 fully saturated rings. The molecular weight excluding hydrogens is 376 g/mol. The third-order valence-electron chi connectivity index (χ3n) is 5.37. The average molecular weight is 397 g/mol. The molecule has 0 radical (unpaired) electrons. The molecule has 1 aliphatic heterocycles. The van der Waals surface area contributed by atoms with Crippen molar-refractivity contribution in [3.63, 3.8) is 0 Å². The summed E-state index contributed by atoms with van der Waals surface area (Å²) in [6, 6.07) is 7.34. The molecule has 0 unspecified atom stereocenters. The number of anilines is 1. The highest BCUT2D eigenvalue weighted by Gasteiger charge is 2.24. The number of rotatable bonds is 3. The van der Waals surface area contributed by atoms with E-state index in [1.54, 1.807) is 19.1 Å². The summed E-state index contributed by atoms with van der Waals surface area (Å²) in [6.07, 6.45) is 0.569. The number of nitrogens with one attached hydrogen (secondary N) is 2. The molecule has 2 heterocycles. The molecule has 0 aliphatic carbocycles. The molecule has 5 nitrogen and oxygen atoms in total. The first kappa shape index (κ1) is 19.3. The van der Waals surface area contributed by atoms with Gasteiger partial charge < -0.3 is 10.3 Å². The molecule has 0 saturated carbocycles. The van der Waals surface area contributed by atoms with Crippen LogP contribution < -0.4 is 10.7 Å². The SMILES string of the molecule is Cc1cc(NC(=O)CN2CCc3[nH]c4c(C)ccc(F)c4c(=O)c3C2)ccc1F. The Balaban J connectivity index is 1.54. The molecule has 0 saturated heterocycles. The summed E-state index contributed by atoms with van der Waals surface area (Å²) < 4.78 is 27.7. The van der Waals surface area contributed by atoms with Gasteiger partial charge in [-0.15, -0.1) is 0 Å². The molecule has 150 valence electrons. The number of aryl methyl sites for hydroxylation is 2. The van der Waals surface area contributed by atoms with Gasteiger partial charge in [0.15, 0.2) is 5.43 Å². The van der Waals surface area contributed by atoms with Gasteiger partial charge in [-0.2, -0.15) is 0 Å². The summed E-state index contributed by atoms with van der Waals surface area (Å²) in [5.41, 5.74) is 3.29. The largest absolute Gasteiger partial charge is 0.358 e. The van der Waals surface area contributed by atoms with Gasteiger partial charge in [0.1, 0.15) is 11.6 Å². The lowest BCUT2D eigenvalue weighted by Crippen LogP contribution is -2.39. The molecule has 0 atom stereocenters. The van der Waals surface area contributed by atoms with E-state index in [1.807, 2.05) is 11.8 Å². The van der Waals surface area contributed by atoms with Gasteiger partial charge in [-0.25, -0.2) is 8.78 Å². The predicted molar refractivity (Wildman–Crippen MR) is 108 cm³/mol. The zero-order valence-electron chi connectivity index (χ0n) is 16.2. The number of benzene rings is 2. The number of nitrogens with zero attached hydrogens (tertiary/aromatic N) is 1. The van der Waals surface area contributed by atoms with E-state index in [2.05, 4.69) is 10.3 Å². The van der Waals surface area contributed by atoms with Crippen LogP contribution in [-0.2, 0) is 17.8 Å². The Hall–Kier alpha value is -3.06. The minimum Gasteiger partial charge on any atom is -0.358 e. The zero-order valence-corrected chi connectivity index (χ0v) is 16.2. The maximum Gasteiger partial charge on any atom is 0.238 e. The molecule has 29 heavy (non-hydrogen) atoms. The highest BCUT2D eigenvalue weighted by molar-refractivity contribution is 5.92. The Morgan fingerprint density at radius 1 is 1.14 bits per heavy atom. The Kier molecular flexibility index (Phi) is 4.92. The number of carbonyl (C=O) groups excluding carboxylic acids is 1. The van der Waals surface area contributed by atoms with Gasteiger partial charge in [0, 0.05) is 36.5 Å². The summed E-state index contributed by atoms with van der Waals surface area (Å²) in [4.78, 5) is 30.4. The molecule has 1 amide bonds. The van der Waals surface area contributed by atoms with Gasteiger partial charge in [0.25, 0.3) is 0 Å². The van der Waals surface area contributed by atoms with E-state index in [4.69, 9.17) is 0 Å². The van der Waals surface area contributed by atoms with Crippen LogP contribution in [0.3, 0.4) is 0 Å². The average Bonchev–Trinajstić information content (AvgIpc) is 2.68. The second-order valence-electron chi connectivity index (χ2n) is 7.50. The third kappa shape index (κ3) is 3.65. The summed E-state index contributed by atoms with van der Waals surface area (Å²) in [5, 5.41) is 2.82. The van der Waals surface area contributed by atoms with Crippen molar-refractivity contribution in [2.45, 2.75) is 26.8 Å². The van der Waals surface area contributed by atoms with Crippen LogP contribution in [0.5, 0.6) is 0 Å². The Labute approximate surface area is 166 Å². The fourth-order valence-electron chi connectivity index (χ4n) is 3.79. The normalized spacial score (nSPS) is 14.1. The monoisotopic (exact) mass is 397 g/mol. The first-order valence-corrected chi connectivity index (χ1v) is 9.44. The topological polar surface area (TPSA) is 65.2 Å². The number of hydrogen-bond acceptors (Lipinski definition) is 3. The van der Waals surface area contributed by atoms with Crippen LogP contribution in [0.2, 0.25) is 0 Å². The van der Waals surface area contributed by atoms with Crippen molar-refractivity contribution >= 4 is 22.5 Å². The Bertz CT molecular complexity index is 1190. The molecule has 1 aromatic heterocycles. The number of H-pyrrole nitrogens is 1. The van der Waals surface area contributed by atoms with Gasteiger partial charge in [-0.05, 0) is 49.2 Å². The number of fused-ring (bicyclic) bond motifs is 2. The van der Waals surface area contributed by atoms with E-state index < -0.39 is 5.82 Å². The van der Waals surface area contributed by atoms with Crippen molar-refractivity contribution in [1.82, 2.24) is 9.88 Å². The van der Waals surface area contributed by atoms with Gasteiger partial charge in [-0.1, -0.05) is 6.07 Å². The first-order valence-electron chi connectivity index (χ1n) is 9.44. The lowest BCUT2D eigenvalue weighted by Gasteiger charge is -2.28. The summed E-state index contributed by atoms with van der Waals surface area (Å²) in [5.74, 6) is -1.13. The van der Waals surface area contributed by atoms with Gasteiger partial charge >= 0.3 is 0 Å². The molecule has 0 spiro atoms. The van der Waals surface area contributed by atoms with Gasteiger partial charge in [0.05, 0.1) is 17.4 Å². The van der Waals surface area contributed by atoms with E-state index in [9.17, 15) is 18.4 Å². The summed E-state index contributed by atoms with van der Waals surface area (Å²) in [6.45, 7) is 4.41. The molecule has 3 aromatic rings. The van der Waals surface area contributed by atoms with Crippen LogP contribution in [0.4, 0.5) is 14.5 Å². The molecule has 4 rings (SSSR count). The predicted octanol–water partition coefficient (Wildman–Crippen LogP) is 3.42. The lowest BCUT2D eigenvalue weighted by atomic mass is 10.0. The second kappa shape index (κ2) is 7.40. The van der Waals surface area contributed by atoms with E-state index in [1.165, 1.54) is 18.2 Å². The van der Waals surface area contributed by atoms with E-state index in [0.717, 1.165) is 11.3 Å². The minimum absolute atomic E-state index is 0.0665. The molecule has 1 aliphatic rings. The van der Waals surface area contributed by atoms with E-state index >= 15 is 0 Å². The number of carbonyl (C=O) groups is 1. The van der Waals surface area contributed by atoms with Crippen molar-refractivity contribution in [2.24, 2.45) is 0 Å². The number of aromatic nitrogens is 1. The van der Waals surface area contributed by atoms with E-state index in [-0.39, 0.29) is 35.6 Å². The van der Waals surface area contributed by atoms with Crippen molar-refractivity contribution in [3.05, 3.63) is 74.6 Å². The van der Waals surface area contributed by atoms with Crippen molar-refractivity contribution in [1.29, 1.82) is 0 Å². The first-order chi connectivity index (χ1) is 13.8. The number of amides is 1. The fraction of sp³-hybridized carbons (Fsp3) is 0.273. The van der Waals surface area contributed by atoms with Gasteiger partial charge in [0.2, 0.25) is 5.91 Å². The highest BCUT2D eigenvalue weighted by atomic mass is 19.1. The maximum absolute atomic E-state index is 14.3. The Morgan fingerprint density at radius 2 is 1.90 bits per heavy atom. The second-order valence-corrected chi connectivity index (χ2v) is 7.50. The lowest BCUT2D eigenvalue weighted by molar-refractivity contribution is -0.117. The van der Waals surface area contributed by atoms with Crippen molar-refractivity contribution in [3.8, 4) is 0 Å². The smallest absolute Gasteiger partial charge is 0.238 e. The number of pyridine rings is 1. The van der Waals surface area contributed by atoms with Gasteiger partial charge in [-0.3, -0.25) is 14.5 Å². The Morgan fingerprint density at radius 3 is 2.66 bits per heavy atom. The van der Waals surface area contributed by atoms with Crippen LogP contribution in [0.25, 0.3) is 10.9 Å². The summed E-state index contributed by atoms with van der Waals surface area (Å²) >= 11 is 0. The number of hydrogen-bond donors (Lipinski definition) is 2. The minimum atomic E-state index is -0.545. The number of aromatic amines is 1. The molecule has 2 N–H and O–H groups in total. The highest BCUT2D eigenvalue weighted by Crippen LogP contribution is 2.22.